The lowest BCUT2D eigenvalue weighted by Crippen LogP contribution is -2.30. The Morgan fingerprint density at radius 2 is 2.17 bits per heavy atom. The molecule has 0 aliphatic heterocycles. The van der Waals surface area contributed by atoms with E-state index < -0.39 is 5.97 Å². The van der Waals surface area contributed by atoms with Gasteiger partial charge in [-0.2, -0.15) is 0 Å². The van der Waals surface area contributed by atoms with Gasteiger partial charge >= 0.3 is 5.97 Å². The molecule has 2 N–H and O–H groups in total. The number of aromatic nitrogens is 1. The molecule has 1 aliphatic carbocycles. The first-order valence-corrected chi connectivity index (χ1v) is 6.52. The van der Waals surface area contributed by atoms with Crippen LogP contribution in [0.4, 0.5) is 5.69 Å². The van der Waals surface area contributed by atoms with Gasteiger partial charge in [0, 0.05) is 17.9 Å². The van der Waals surface area contributed by atoms with Gasteiger partial charge in [0.2, 0.25) is 0 Å². The third-order valence-electron chi connectivity index (χ3n) is 3.95. The number of hydrogen-bond donors (Lipinski definition) is 2. The molecule has 1 aliphatic rings. The molecule has 4 nitrogen and oxygen atoms in total. The first-order valence-electron chi connectivity index (χ1n) is 6.52. The van der Waals surface area contributed by atoms with E-state index in [0.717, 1.165) is 30.4 Å². The van der Waals surface area contributed by atoms with E-state index in [1.165, 1.54) is 6.42 Å². The molecule has 1 fully saturated rings. The van der Waals surface area contributed by atoms with Crippen LogP contribution in [-0.2, 0) is 0 Å². The zero-order valence-electron chi connectivity index (χ0n) is 10.9. The predicted molar refractivity (Wildman–Crippen MR) is 70.8 cm³/mol. The van der Waals surface area contributed by atoms with E-state index in [1.54, 1.807) is 12.3 Å². The van der Waals surface area contributed by atoms with Crippen molar-refractivity contribution in [2.45, 2.75) is 39.2 Å². The van der Waals surface area contributed by atoms with Crippen molar-refractivity contribution in [3.63, 3.8) is 0 Å². The largest absolute Gasteiger partial charge is 0.477 e. The predicted octanol–water partition coefficient (Wildman–Crippen LogP) is 3.02. The SMILES string of the molecule is CC1CCC(Nc2ccnc(C(=O)O)c2)CC1C. The second-order valence-corrected chi connectivity index (χ2v) is 5.34. The van der Waals surface area contributed by atoms with Crippen molar-refractivity contribution < 1.29 is 9.90 Å². The highest BCUT2D eigenvalue weighted by molar-refractivity contribution is 5.86. The highest BCUT2D eigenvalue weighted by atomic mass is 16.4. The van der Waals surface area contributed by atoms with Gasteiger partial charge in [-0.05, 0) is 43.2 Å². The molecule has 0 amide bonds. The molecule has 0 saturated heterocycles. The summed E-state index contributed by atoms with van der Waals surface area (Å²) >= 11 is 0. The van der Waals surface area contributed by atoms with E-state index in [0.29, 0.717) is 6.04 Å². The van der Waals surface area contributed by atoms with E-state index in [9.17, 15) is 4.79 Å². The molecule has 1 saturated carbocycles. The van der Waals surface area contributed by atoms with E-state index in [2.05, 4.69) is 24.1 Å². The topological polar surface area (TPSA) is 62.2 Å². The molecule has 1 aromatic rings. The minimum atomic E-state index is -0.982. The molecule has 0 aromatic carbocycles. The third-order valence-corrected chi connectivity index (χ3v) is 3.95. The van der Waals surface area contributed by atoms with E-state index >= 15 is 0 Å². The zero-order valence-corrected chi connectivity index (χ0v) is 10.9. The van der Waals surface area contributed by atoms with Gasteiger partial charge in [0.25, 0.3) is 0 Å². The number of anilines is 1. The lowest BCUT2D eigenvalue weighted by Gasteiger charge is -2.33. The van der Waals surface area contributed by atoms with Crippen LogP contribution < -0.4 is 5.32 Å². The van der Waals surface area contributed by atoms with Gasteiger partial charge in [0.15, 0.2) is 0 Å². The second-order valence-electron chi connectivity index (χ2n) is 5.34. The summed E-state index contributed by atoms with van der Waals surface area (Å²) in [6.07, 6.45) is 5.07. The van der Waals surface area contributed by atoms with Crippen LogP contribution in [0.3, 0.4) is 0 Å². The fourth-order valence-electron chi connectivity index (χ4n) is 2.55. The van der Waals surface area contributed by atoms with Gasteiger partial charge in [0.1, 0.15) is 5.69 Å². The molecule has 4 heteroatoms. The van der Waals surface area contributed by atoms with Gasteiger partial charge < -0.3 is 10.4 Å². The summed E-state index contributed by atoms with van der Waals surface area (Å²) in [7, 11) is 0. The Bertz CT molecular complexity index is 434. The van der Waals surface area contributed by atoms with Crippen molar-refractivity contribution in [2.75, 3.05) is 5.32 Å². The third kappa shape index (κ3) is 3.00. The first kappa shape index (κ1) is 12.9. The van der Waals surface area contributed by atoms with Crippen LogP contribution in [0, 0.1) is 11.8 Å². The summed E-state index contributed by atoms with van der Waals surface area (Å²) in [5, 5.41) is 12.3. The van der Waals surface area contributed by atoms with Crippen LogP contribution in [0.5, 0.6) is 0 Å². The highest BCUT2D eigenvalue weighted by Crippen LogP contribution is 2.30. The monoisotopic (exact) mass is 248 g/mol. The number of carboxylic acids is 1. The summed E-state index contributed by atoms with van der Waals surface area (Å²) in [5.74, 6) is 0.524. The molecule has 18 heavy (non-hydrogen) atoms. The highest BCUT2D eigenvalue weighted by Gasteiger charge is 2.24. The molecule has 3 atom stereocenters. The Hall–Kier alpha value is -1.58. The summed E-state index contributed by atoms with van der Waals surface area (Å²) in [6, 6.07) is 3.88. The molecule has 0 radical (unpaired) electrons. The number of aromatic carboxylic acids is 1. The van der Waals surface area contributed by atoms with Gasteiger partial charge in [-0.15, -0.1) is 0 Å². The van der Waals surface area contributed by atoms with Crippen LogP contribution in [0.2, 0.25) is 0 Å². The Morgan fingerprint density at radius 3 is 2.83 bits per heavy atom. The number of carboxylic acid groups (broad SMARTS) is 1. The number of pyridine rings is 1. The number of nitrogens with one attached hydrogen (secondary N) is 1. The molecule has 1 heterocycles. The number of hydrogen-bond acceptors (Lipinski definition) is 3. The summed E-state index contributed by atoms with van der Waals surface area (Å²) in [5.41, 5.74) is 0.950. The number of rotatable bonds is 3. The second kappa shape index (κ2) is 5.38. The lowest BCUT2D eigenvalue weighted by molar-refractivity contribution is 0.0690. The van der Waals surface area contributed by atoms with Crippen LogP contribution in [0.15, 0.2) is 18.3 Å². The fraction of sp³-hybridized carbons (Fsp3) is 0.571. The van der Waals surface area contributed by atoms with E-state index in [1.807, 2.05) is 6.07 Å². The zero-order chi connectivity index (χ0) is 13.1. The summed E-state index contributed by atoms with van der Waals surface area (Å²) < 4.78 is 0. The maximum atomic E-state index is 10.9. The minimum Gasteiger partial charge on any atom is -0.477 e. The molecule has 3 unspecified atom stereocenters. The van der Waals surface area contributed by atoms with Gasteiger partial charge in [0.05, 0.1) is 0 Å². The molecular formula is C14H20N2O2. The number of nitrogens with zero attached hydrogens (tertiary/aromatic N) is 1. The lowest BCUT2D eigenvalue weighted by atomic mass is 9.79. The first-order chi connectivity index (χ1) is 8.56. The van der Waals surface area contributed by atoms with Crippen molar-refractivity contribution in [1.82, 2.24) is 4.98 Å². The quantitative estimate of drug-likeness (QED) is 0.863. The normalized spacial score (nSPS) is 27.8. The molecule has 2 rings (SSSR count). The number of carbonyl (C=O) groups is 1. The molecule has 0 spiro atoms. The van der Waals surface area contributed by atoms with E-state index in [4.69, 9.17) is 5.11 Å². The van der Waals surface area contributed by atoms with Crippen LogP contribution in [0.25, 0.3) is 0 Å². The minimum absolute atomic E-state index is 0.0947. The fourth-order valence-corrected chi connectivity index (χ4v) is 2.55. The summed E-state index contributed by atoms with van der Waals surface area (Å²) in [4.78, 5) is 14.7. The maximum absolute atomic E-state index is 10.9. The van der Waals surface area contributed by atoms with Crippen molar-refractivity contribution in [3.05, 3.63) is 24.0 Å². The molecule has 0 bridgehead atoms. The Kier molecular flexibility index (Phi) is 3.84. The van der Waals surface area contributed by atoms with Crippen LogP contribution in [0.1, 0.15) is 43.6 Å². The van der Waals surface area contributed by atoms with Crippen molar-refractivity contribution in [1.29, 1.82) is 0 Å². The molecule has 98 valence electrons. The molecule has 1 aromatic heterocycles. The average Bonchev–Trinajstić information content (AvgIpc) is 2.34. The van der Waals surface area contributed by atoms with Crippen molar-refractivity contribution >= 4 is 11.7 Å². The Balaban J connectivity index is 2.01. The standard InChI is InChI=1S/C14H20N2O2/c1-9-3-4-11(7-10(9)2)16-12-5-6-15-13(8-12)14(17)18/h5-6,8-11H,3-4,7H2,1-2H3,(H,15,16)(H,17,18). The Labute approximate surface area is 107 Å². The smallest absolute Gasteiger partial charge is 0.354 e. The molecular weight excluding hydrogens is 228 g/mol. The van der Waals surface area contributed by atoms with Gasteiger partial charge in [-0.25, -0.2) is 9.78 Å². The van der Waals surface area contributed by atoms with Gasteiger partial charge in [-0.3, -0.25) is 0 Å². The van der Waals surface area contributed by atoms with Crippen LogP contribution in [-0.4, -0.2) is 22.1 Å². The average molecular weight is 248 g/mol. The van der Waals surface area contributed by atoms with Crippen molar-refractivity contribution in [3.8, 4) is 0 Å². The van der Waals surface area contributed by atoms with E-state index in [-0.39, 0.29) is 5.69 Å². The van der Waals surface area contributed by atoms with Crippen LogP contribution >= 0.6 is 0 Å². The summed E-state index contributed by atoms with van der Waals surface area (Å²) in [6.45, 7) is 4.59. The van der Waals surface area contributed by atoms with Crippen molar-refractivity contribution in [2.24, 2.45) is 11.8 Å². The van der Waals surface area contributed by atoms with Gasteiger partial charge in [-0.1, -0.05) is 13.8 Å². The Morgan fingerprint density at radius 1 is 1.39 bits per heavy atom. The maximum Gasteiger partial charge on any atom is 0.354 e.